The fourth-order valence-corrected chi connectivity index (χ4v) is 2.23. The van der Waals surface area contributed by atoms with Crippen molar-refractivity contribution in [2.45, 2.75) is 45.1 Å². The predicted molar refractivity (Wildman–Crippen MR) is 63.4 cm³/mol. The molecular formula is C13H20O4. The molecule has 0 aromatic heterocycles. The second-order valence-electron chi connectivity index (χ2n) is 4.87. The quantitative estimate of drug-likeness (QED) is 0.460. The van der Waals surface area contributed by atoms with Gasteiger partial charge in [0.05, 0.1) is 13.2 Å². The largest absolute Gasteiger partial charge is 0.463 e. The molecule has 4 heteroatoms. The summed E-state index contributed by atoms with van der Waals surface area (Å²) in [5.41, 5.74) is -0.175. The monoisotopic (exact) mass is 240 g/mol. The molecule has 1 N–H and O–H groups in total. The van der Waals surface area contributed by atoms with E-state index in [0.717, 1.165) is 38.9 Å². The normalized spacial score (nSPS) is 21.1. The first-order valence-corrected chi connectivity index (χ1v) is 5.98. The van der Waals surface area contributed by atoms with Crippen LogP contribution in [0.4, 0.5) is 0 Å². The number of aliphatic hydroxyl groups excluding tert-OH is 1. The van der Waals surface area contributed by atoms with E-state index in [1.807, 2.05) is 6.92 Å². The fourth-order valence-electron chi connectivity index (χ4n) is 2.23. The van der Waals surface area contributed by atoms with Crippen LogP contribution in [0.15, 0.2) is 12.2 Å². The Kier molecular flexibility index (Phi) is 4.87. The van der Waals surface area contributed by atoms with Crippen LogP contribution in [0.25, 0.3) is 0 Å². The number of rotatable bonds is 4. The molecule has 1 fully saturated rings. The average Bonchev–Trinajstić information content (AvgIpc) is 2.35. The van der Waals surface area contributed by atoms with E-state index in [2.05, 4.69) is 4.74 Å². The Morgan fingerprint density at radius 3 is 2.41 bits per heavy atom. The molecule has 0 bridgehead atoms. The van der Waals surface area contributed by atoms with E-state index in [1.165, 1.54) is 12.5 Å². The van der Waals surface area contributed by atoms with E-state index >= 15 is 0 Å². The van der Waals surface area contributed by atoms with Crippen LogP contribution < -0.4 is 0 Å². The summed E-state index contributed by atoms with van der Waals surface area (Å²) in [5, 5.41) is 10.0. The Bertz CT molecular complexity index is 313. The van der Waals surface area contributed by atoms with Crippen molar-refractivity contribution in [3.8, 4) is 0 Å². The summed E-state index contributed by atoms with van der Waals surface area (Å²) in [4.78, 5) is 22.1. The molecule has 1 atom stereocenters. The van der Waals surface area contributed by atoms with E-state index in [1.54, 1.807) is 0 Å². The average molecular weight is 240 g/mol. The summed E-state index contributed by atoms with van der Waals surface area (Å²) in [6.45, 7) is 2.02. The Labute approximate surface area is 102 Å². The van der Waals surface area contributed by atoms with Crippen molar-refractivity contribution in [2.24, 2.45) is 5.41 Å². The molecule has 17 heavy (non-hydrogen) atoms. The van der Waals surface area contributed by atoms with Crippen LogP contribution in [0, 0.1) is 5.41 Å². The third-order valence-electron chi connectivity index (χ3n) is 3.53. The van der Waals surface area contributed by atoms with E-state index in [-0.39, 0.29) is 5.41 Å². The van der Waals surface area contributed by atoms with Crippen LogP contribution in [-0.2, 0) is 14.3 Å². The molecule has 1 unspecified atom stereocenters. The van der Waals surface area contributed by atoms with E-state index < -0.39 is 17.9 Å². The topological polar surface area (TPSA) is 63.6 Å². The van der Waals surface area contributed by atoms with Crippen LogP contribution in [0.1, 0.15) is 39.0 Å². The van der Waals surface area contributed by atoms with Crippen molar-refractivity contribution in [2.75, 3.05) is 7.11 Å². The van der Waals surface area contributed by atoms with Gasteiger partial charge in [0.25, 0.3) is 5.78 Å². The van der Waals surface area contributed by atoms with Gasteiger partial charge in [0.1, 0.15) is 0 Å². The number of aliphatic hydroxyl groups is 1. The Morgan fingerprint density at radius 2 is 1.88 bits per heavy atom. The fraction of sp³-hybridized carbons (Fsp3) is 0.692. The molecule has 1 saturated carbocycles. The minimum atomic E-state index is -0.901. The third-order valence-corrected chi connectivity index (χ3v) is 3.53. The lowest BCUT2D eigenvalue weighted by atomic mass is 9.71. The van der Waals surface area contributed by atoms with Crippen LogP contribution in [0.5, 0.6) is 0 Å². The SMILES string of the molecule is COC(=O)C(=O)/C=C/C(O)C1(C)CCCCC1. The van der Waals surface area contributed by atoms with Crippen LogP contribution in [-0.4, -0.2) is 30.1 Å². The van der Waals surface area contributed by atoms with Gasteiger partial charge in [0, 0.05) is 0 Å². The summed E-state index contributed by atoms with van der Waals surface area (Å²) >= 11 is 0. The molecule has 0 amide bonds. The number of ketones is 1. The molecule has 0 spiro atoms. The van der Waals surface area contributed by atoms with Gasteiger partial charge in [-0.15, -0.1) is 0 Å². The number of methoxy groups -OCH3 is 1. The molecule has 1 aliphatic carbocycles. The highest BCUT2D eigenvalue weighted by atomic mass is 16.5. The predicted octanol–water partition coefficient (Wildman–Crippen LogP) is 1.62. The Hall–Kier alpha value is -1.16. The summed E-state index contributed by atoms with van der Waals surface area (Å²) in [7, 11) is 1.16. The molecule has 96 valence electrons. The molecule has 0 aliphatic heterocycles. The second-order valence-corrected chi connectivity index (χ2v) is 4.87. The first-order valence-electron chi connectivity index (χ1n) is 5.98. The van der Waals surface area contributed by atoms with Gasteiger partial charge in [-0.1, -0.05) is 32.3 Å². The number of carbonyl (C=O) groups excluding carboxylic acids is 2. The first kappa shape index (κ1) is 13.9. The highest BCUT2D eigenvalue weighted by Crippen LogP contribution is 2.39. The number of ether oxygens (including phenoxy) is 1. The molecule has 1 aliphatic rings. The van der Waals surface area contributed by atoms with Crippen molar-refractivity contribution in [3.63, 3.8) is 0 Å². The van der Waals surface area contributed by atoms with Gasteiger partial charge in [0.15, 0.2) is 0 Å². The Balaban J connectivity index is 2.58. The maximum Gasteiger partial charge on any atom is 0.378 e. The molecular weight excluding hydrogens is 220 g/mol. The summed E-state index contributed by atoms with van der Waals surface area (Å²) in [6.07, 6.45) is 7.14. The van der Waals surface area contributed by atoms with Crippen molar-refractivity contribution in [1.29, 1.82) is 0 Å². The maximum atomic E-state index is 11.2. The minimum Gasteiger partial charge on any atom is -0.463 e. The molecule has 0 radical (unpaired) electrons. The zero-order valence-corrected chi connectivity index (χ0v) is 10.4. The number of hydrogen-bond donors (Lipinski definition) is 1. The lowest BCUT2D eigenvalue weighted by molar-refractivity contribution is -0.149. The van der Waals surface area contributed by atoms with Gasteiger partial charge < -0.3 is 9.84 Å². The molecule has 0 heterocycles. The van der Waals surface area contributed by atoms with Gasteiger partial charge in [-0.3, -0.25) is 4.79 Å². The lowest BCUT2D eigenvalue weighted by Crippen LogP contribution is -2.33. The second kappa shape index (κ2) is 5.96. The smallest absolute Gasteiger partial charge is 0.378 e. The lowest BCUT2D eigenvalue weighted by Gasteiger charge is -2.36. The number of carbonyl (C=O) groups is 2. The number of hydrogen-bond acceptors (Lipinski definition) is 4. The summed E-state index contributed by atoms with van der Waals surface area (Å²) in [5.74, 6) is -1.63. The van der Waals surface area contributed by atoms with Gasteiger partial charge in [-0.25, -0.2) is 4.79 Å². The van der Waals surface area contributed by atoms with Crippen molar-refractivity contribution in [3.05, 3.63) is 12.2 Å². The van der Waals surface area contributed by atoms with Gasteiger partial charge in [-0.2, -0.15) is 0 Å². The van der Waals surface area contributed by atoms with Crippen LogP contribution in [0.3, 0.4) is 0 Å². The molecule has 1 rings (SSSR count). The standard InChI is InChI=1S/C13H20O4/c1-13(8-4-3-5-9-13)11(15)7-6-10(14)12(16)17-2/h6-7,11,15H,3-5,8-9H2,1-2H3/b7-6+. The van der Waals surface area contributed by atoms with Crippen molar-refractivity contribution in [1.82, 2.24) is 0 Å². The molecule has 0 aromatic carbocycles. The molecule has 0 saturated heterocycles. The zero-order chi connectivity index (χ0) is 12.9. The van der Waals surface area contributed by atoms with Crippen molar-refractivity contribution >= 4 is 11.8 Å². The first-order chi connectivity index (χ1) is 7.99. The van der Waals surface area contributed by atoms with Crippen LogP contribution in [0.2, 0.25) is 0 Å². The van der Waals surface area contributed by atoms with Gasteiger partial charge >= 0.3 is 5.97 Å². The van der Waals surface area contributed by atoms with Gasteiger partial charge in [0.2, 0.25) is 0 Å². The number of esters is 1. The van der Waals surface area contributed by atoms with Crippen LogP contribution >= 0.6 is 0 Å². The molecule has 4 nitrogen and oxygen atoms in total. The van der Waals surface area contributed by atoms with E-state index in [4.69, 9.17) is 0 Å². The highest BCUT2D eigenvalue weighted by Gasteiger charge is 2.32. The Morgan fingerprint density at radius 1 is 1.29 bits per heavy atom. The summed E-state index contributed by atoms with van der Waals surface area (Å²) in [6, 6.07) is 0. The minimum absolute atomic E-state index is 0.175. The van der Waals surface area contributed by atoms with E-state index in [0.29, 0.717) is 0 Å². The third kappa shape index (κ3) is 3.66. The zero-order valence-electron chi connectivity index (χ0n) is 10.4. The van der Waals surface area contributed by atoms with Gasteiger partial charge in [-0.05, 0) is 24.3 Å². The summed E-state index contributed by atoms with van der Waals surface area (Å²) < 4.78 is 4.29. The highest BCUT2D eigenvalue weighted by molar-refractivity contribution is 6.38. The van der Waals surface area contributed by atoms with Crippen molar-refractivity contribution < 1.29 is 19.4 Å². The maximum absolute atomic E-state index is 11.2. The van der Waals surface area contributed by atoms with E-state index in [9.17, 15) is 14.7 Å². The molecule has 0 aromatic rings.